The van der Waals surface area contributed by atoms with Crippen LogP contribution in [-0.4, -0.2) is 86.2 Å². The van der Waals surface area contributed by atoms with Gasteiger partial charge in [0.2, 0.25) is 5.91 Å². The third kappa shape index (κ3) is 6.05. The molecule has 8 atom stereocenters. The Kier molecular flexibility index (Phi) is 9.52. The number of anilines is 1. The largest absolute Gasteiger partial charge is 0.496 e. The highest BCUT2D eigenvalue weighted by molar-refractivity contribution is 5.97. The Balaban J connectivity index is 1.46. The summed E-state index contributed by atoms with van der Waals surface area (Å²) in [6.45, 7) is 8.40. The van der Waals surface area contributed by atoms with Crippen LogP contribution >= 0.6 is 0 Å². The number of ether oxygens (including phenoxy) is 1. The number of carbonyl (C=O) groups excluding carboxylic acids is 2. The van der Waals surface area contributed by atoms with Crippen molar-refractivity contribution >= 4 is 17.5 Å². The first kappa shape index (κ1) is 33.2. The Bertz CT molecular complexity index is 1410. The van der Waals surface area contributed by atoms with Gasteiger partial charge in [0.05, 0.1) is 26.4 Å². The molecule has 45 heavy (non-hydrogen) atoms. The number of amides is 2. The number of aliphatic hydroxyl groups excluding tert-OH is 2. The van der Waals surface area contributed by atoms with Gasteiger partial charge in [0.1, 0.15) is 17.9 Å². The van der Waals surface area contributed by atoms with Crippen molar-refractivity contribution in [1.29, 1.82) is 0 Å². The van der Waals surface area contributed by atoms with Crippen LogP contribution in [0.4, 0.5) is 5.69 Å². The first-order chi connectivity index (χ1) is 21.3. The molecule has 3 aliphatic carbocycles. The maximum Gasteiger partial charge on any atom is 0.251 e. The minimum absolute atomic E-state index is 0.0512. The van der Waals surface area contributed by atoms with Crippen LogP contribution < -0.4 is 20.3 Å². The molecule has 2 bridgehead atoms. The first-order valence-corrected chi connectivity index (χ1v) is 16.1. The van der Waals surface area contributed by atoms with Gasteiger partial charge in [0, 0.05) is 55.5 Å². The Morgan fingerprint density at radius 3 is 2.51 bits per heavy atom. The molecule has 0 spiro atoms. The summed E-state index contributed by atoms with van der Waals surface area (Å²) in [6.07, 6.45) is 0.523. The lowest BCUT2D eigenvalue weighted by Gasteiger charge is -2.62. The molecule has 2 amide bonds. The van der Waals surface area contributed by atoms with Crippen molar-refractivity contribution in [2.75, 3.05) is 39.8 Å². The van der Waals surface area contributed by atoms with Crippen molar-refractivity contribution in [1.82, 2.24) is 15.7 Å². The van der Waals surface area contributed by atoms with Crippen molar-refractivity contribution in [2.24, 2.45) is 29.1 Å². The lowest BCUT2D eigenvalue weighted by atomic mass is 9.45. The Labute approximate surface area is 267 Å². The summed E-state index contributed by atoms with van der Waals surface area (Å²) in [6, 6.07) is 10.7. The van der Waals surface area contributed by atoms with Gasteiger partial charge in [-0.15, -0.1) is 0 Å². The van der Waals surface area contributed by atoms with E-state index in [-0.39, 0.29) is 31.0 Å². The van der Waals surface area contributed by atoms with Gasteiger partial charge in [0.25, 0.3) is 5.91 Å². The maximum absolute atomic E-state index is 14.1. The zero-order valence-electron chi connectivity index (χ0n) is 27.8. The van der Waals surface area contributed by atoms with Crippen LogP contribution in [0.2, 0.25) is 0 Å². The van der Waals surface area contributed by atoms with Crippen LogP contribution in [0.15, 0.2) is 36.4 Å². The number of fused-ring (bicyclic) bond motifs is 2. The monoisotopic (exact) mass is 622 g/mol. The standard InChI is InChI=1S/C35H50N4O6/c1-19-27-15-24(35(27,3)4)16-28(19)37-34(43)31-30(20(2)41)29(18-40)45-39(31)17-21-10-9-11-26(32(21)44-8)22-12-23(33(42)36-5)14-25(13-22)38(6)7/h9-14,19-20,24,27-31,40-41H,15-18H2,1-8H3,(H,36,42)(H,37,43)/t19-,20-,24?,27-,28-,29-,30+,31-/m0/s1. The van der Waals surface area contributed by atoms with Gasteiger partial charge < -0.3 is 30.5 Å². The van der Waals surface area contributed by atoms with Crippen molar-refractivity contribution in [3.05, 3.63) is 47.5 Å². The summed E-state index contributed by atoms with van der Waals surface area (Å²) in [5.41, 5.74) is 4.03. The lowest BCUT2D eigenvalue weighted by Crippen LogP contribution is -2.62. The van der Waals surface area contributed by atoms with Gasteiger partial charge in [-0.2, -0.15) is 5.06 Å². The second kappa shape index (κ2) is 12.9. The molecule has 1 heterocycles. The second-order valence-corrected chi connectivity index (χ2v) is 14.0. The van der Waals surface area contributed by atoms with Crippen molar-refractivity contribution in [3.8, 4) is 16.9 Å². The van der Waals surface area contributed by atoms with Gasteiger partial charge in [-0.25, -0.2) is 0 Å². The molecule has 1 unspecified atom stereocenters. The van der Waals surface area contributed by atoms with Crippen LogP contribution in [-0.2, 0) is 16.2 Å². The van der Waals surface area contributed by atoms with Gasteiger partial charge in [-0.3, -0.25) is 14.4 Å². The molecular weight excluding hydrogens is 572 g/mol. The predicted molar refractivity (Wildman–Crippen MR) is 174 cm³/mol. The molecule has 246 valence electrons. The normalized spacial score (nSPS) is 29.4. The summed E-state index contributed by atoms with van der Waals surface area (Å²) in [4.78, 5) is 34.9. The number of methoxy groups -OCH3 is 1. The quantitative estimate of drug-likeness (QED) is 0.318. The number of nitrogens with zero attached hydrogens (tertiary/aromatic N) is 2. The number of rotatable bonds is 10. The average Bonchev–Trinajstić information content (AvgIpc) is 3.39. The van der Waals surface area contributed by atoms with E-state index >= 15 is 0 Å². The molecule has 10 nitrogen and oxygen atoms in total. The SMILES string of the molecule is CNC(=O)c1cc(-c2cccc(CN3O[C@@H](CO)[C@@H]([C@H](C)O)[C@H]3C(=O)N[C@H]3CC4C[C@@H]([C@@H]3C)C4(C)C)c2OC)cc(N(C)C)c1. The third-order valence-corrected chi connectivity index (χ3v) is 10.9. The van der Waals surface area contributed by atoms with Gasteiger partial charge in [-0.05, 0) is 66.7 Å². The smallest absolute Gasteiger partial charge is 0.251 e. The molecule has 0 radical (unpaired) electrons. The predicted octanol–water partition coefficient (Wildman–Crippen LogP) is 3.45. The highest BCUT2D eigenvalue weighted by Gasteiger charge is 2.57. The fourth-order valence-corrected chi connectivity index (χ4v) is 8.13. The second-order valence-electron chi connectivity index (χ2n) is 14.0. The zero-order chi connectivity index (χ0) is 32.8. The molecule has 2 aromatic rings. The van der Waals surface area contributed by atoms with E-state index in [0.717, 1.165) is 28.8 Å². The van der Waals surface area contributed by atoms with E-state index in [9.17, 15) is 19.8 Å². The lowest BCUT2D eigenvalue weighted by molar-refractivity contribution is -0.183. The summed E-state index contributed by atoms with van der Waals surface area (Å²) in [5, 5.41) is 28.7. The molecule has 3 saturated carbocycles. The van der Waals surface area contributed by atoms with E-state index in [1.165, 1.54) is 6.42 Å². The first-order valence-electron chi connectivity index (χ1n) is 16.1. The van der Waals surface area contributed by atoms with Gasteiger partial charge >= 0.3 is 0 Å². The van der Waals surface area contributed by atoms with Crippen LogP contribution in [0.5, 0.6) is 5.75 Å². The van der Waals surface area contributed by atoms with E-state index in [1.807, 2.05) is 55.4 Å². The molecular formula is C35H50N4O6. The number of carbonyl (C=O) groups is 2. The van der Waals surface area contributed by atoms with E-state index in [1.54, 1.807) is 26.1 Å². The maximum atomic E-state index is 14.1. The number of benzene rings is 2. The number of hydrogen-bond acceptors (Lipinski definition) is 8. The summed E-state index contributed by atoms with van der Waals surface area (Å²) < 4.78 is 5.97. The Morgan fingerprint density at radius 1 is 1.20 bits per heavy atom. The summed E-state index contributed by atoms with van der Waals surface area (Å²) in [7, 11) is 7.04. The molecule has 6 rings (SSSR count). The minimum atomic E-state index is -0.885. The van der Waals surface area contributed by atoms with Gasteiger partial charge in [0.15, 0.2) is 0 Å². The topological polar surface area (TPSA) is 124 Å². The van der Waals surface area contributed by atoms with E-state index in [4.69, 9.17) is 9.57 Å². The zero-order valence-corrected chi connectivity index (χ0v) is 27.8. The average molecular weight is 623 g/mol. The molecule has 4 aliphatic rings. The van der Waals surface area contributed by atoms with Crippen LogP contribution in [0, 0.1) is 29.1 Å². The highest BCUT2D eigenvalue weighted by Crippen LogP contribution is 2.61. The molecule has 0 aromatic heterocycles. The van der Waals surface area contributed by atoms with E-state index in [2.05, 4.69) is 31.4 Å². The van der Waals surface area contributed by atoms with Crippen LogP contribution in [0.3, 0.4) is 0 Å². The van der Waals surface area contributed by atoms with Crippen molar-refractivity contribution < 1.29 is 29.4 Å². The number of nitrogens with one attached hydrogen (secondary N) is 2. The van der Waals surface area contributed by atoms with E-state index in [0.29, 0.717) is 34.5 Å². The van der Waals surface area contributed by atoms with Gasteiger partial charge in [-0.1, -0.05) is 39.0 Å². The molecule has 1 aliphatic heterocycles. The van der Waals surface area contributed by atoms with Crippen molar-refractivity contribution in [2.45, 2.75) is 71.4 Å². The third-order valence-electron chi connectivity index (χ3n) is 10.9. The summed E-state index contributed by atoms with van der Waals surface area (Å²) in [5.74, 6) is 1.07. The Hall–Kier alpha value is -3.18. The van der Waals surface area contributed by atoms with Crippen LogP contribution in [0.25, 0.3) is 11.1 Å². The fraction of sp³-hybridized carbons (Fsp3) is 0.600. The number of aliphatic hydroxyl groups is 2. The van der Waals surface area contributed by atoms with E-state index < -0.39 is 24.2 Å². The molecule has 1 saturated heterocycles. The summed E-state index contributed by atoms with van der Waals surface area (Å²) >= 11 is 0. The molecule has 4 N–H and O–H groups in total. The number of hydrogen-bond donors (Lipinski definition) is 4. The Morgan fingerprint density at radius 2 is 1.93 bits per heavy atom. The van der Waals surface area contributed by atoms with Crippen molar-refractivity contribution in [3.63, 3.8) is 0 Å². The highest BCUT2D eigenvalue weighted by atomic mass is 16.7. The molecule has 2 aromatic carbocycles. The molecule has 4 fully saturated rings. The number of hydroxylamine groups is 2. The fourth-order valence-electron chi connectivity index (χ4n) is 8.13. The minimum Gasteiger partial charge on any atom is -0.496 e. The number of para-hydroxylation sites is 1. The molecule has 10 heteroatoms. The van der Waals surface area contributed by atoms with Crippen LogP contribution in [0.1, 0.15) is 56.5 Å².